The minimum Gasteiger partial charge on any atom is -0.493 e. The van der Waals surface area contributed by atoms with Gasteiger partial charge in [0.25, 0.3) is 5.91 Å². The Morgan fingerprint density at radius 3 is 2.26 bits per heavy atom. The van der Waals surface area contributed by atoms with Crippen molar-refractivity contribution in [2.75, 3.05) is 7.11 Å². The molecule has 5 rings (SSSR count). The number of ether oxygens (including phenoxy) is 2. The number of carboxylic acid groups (broad SMARTS) is 1. The molecular weight excluding hydrogens is 616 g/mol. The molecule has 0 saturated carbocycles. The Labute approximate surface area is 256 Å². The second kappa shape index (κ2) is 13.5. The summed E-state index contributed by atoms with van der Waals surface area (Å²) in [5, 5.41) is 9.76. The number of aromatic carboxylic acids is 1. The molecule has 1 saturated heterocycles. The van der Waals surface area contributed by atoms with E-state index in [-0.39, 0.29) is 18.1 Å². The maximum Gasteiger partial charge on any atom is 0.335 e. The Kier molecular flexibility index (Phi) is 9.41. The molecule has 4 aromatic rings. The van der Waals surface area contributed by atoms with Crippen molar-refractivity contribution in [3.63, 3.8) is 0 Å². The average molecular weight is 644 g/mol. The van der Waals surface area contributed by atoms with E-state index in [0.29, 0.717) is 39.1 Å². The van der Waals surface area contributed by atoms with Crippen LogP contribution in [0.2, 0.25) is 0 Å². The van der Waals surface area contributed by atoms with E-state index in [2.05, 4.69) is 15.9 Å². The van der Waals surface area contributed by atoms with Gasteiger partial charge in [0, 0.05) is 0 Å². The molecule has 0 aliphatic carbocycles. The quantitative estimate of drug-likeness (QED) is 0.181. The highest BCUT2D eigenvalue weighted by atomic mass is 79.9. The average Bonchev–Trinajstić information content (AvgIpc) is 3.29. The maximum atomic E-state index is 13.6. The molecule has 1 heterocycles. The van der Waals surface area contributed by atoms with Gasteiger partial charge in [-0.25, -0.2) is 4.79 Å². The molecule has 212 valence electrons. The van der Waals surface area contributed by atoms with E-state index >= 15 is 0 Å². The van der Waals surface area contributed by atoms with Crippen LogP contribution in [0.1, 0.15) is 32.6 Å². The first kappa shape index (κ1) is 29.2. The van der Waals surface area contributed by atoms with Crippen molar-refractivity contribution in [2.45, 2.75) is 19.7 Å². The number of amides is 1. The Morgan fingerprint density at radius 1 is 0.952 bits per heavy atom. The van der Waals surface area contributed by atoms with Crippen LogP contribution in [0.3, 0.4) is 0 Å². The first-order valence-corrected chi connectivity index (χ1v) is 14.7. The lowest BCUT2D eigenvalue weighted by atomic mass is 10.1. The second-order valence-electron chi connectivity index (χ2n) is 9.40. The number of halogens is 1. The topological polar surface area (TPSA) is 88.4 Å². The molecule has 0 spiro atoms. The molecule has 42 heavy (non-hydrogen) atoms. The standard InChI is InChI=1S/C33H27BrN2O5S/c1-40-28-17-25(16-27(34)30(28)41-21-24-12-14-26(15-13-24)32(38)39)18-29-31(37)36(20-23-10-6-3-7-11-23)33(42-29)35-19-22-8-4-2-5-9-22/h2-18H,19-21H2,1H3,(H,38,39)/b29-18+,35-33?. The Morgan fingerprint density at radius 2 is 1.62 bits per heavy atom. The zero-order valence-corrected chi connectivity index (χ0v) is 25.1. The normalized spacial score (nSPS) is 14.9. The van der Waals surface area contributed by atoms with Gasteiger partial charge < -0.3 is 14.6 Å². The number of carbonyl (C=O) groups excluding carboxylic acids is 1. The Balaban J connectivity index is 1.38. The third-order valence-corrected chi connectivity index (χ3v) is 8.08. The Hall–Kier alpha value is -4.34. The molecule has 0 aromatic heterocycles. The molecule has 1 fully saturated rings. The molecular formula is C33H27BrN2O5S. The van der Waals surface area contributed by atoms with E-state index in [9.17, 15) is 9.59 Å². The summed E-state index contributed by atoms with van der Waals surface area (Å²) >= 11 is 4.94. The summed E-state index contributed by atoms with van der Waals surface area (Å²) < 4.78 is 12.3. The van der Waals surface area contributed by atoms with Gasteiger partial charge in [0.2, 0.25) is 0 Å². The number of amidine groups is 1. The van der Waals surface area contributed by atoms with E-state index in [1.54, 1.807) is 24.1 Å². The molecule has 1 aliphatic rings. The smallest absolute Gasteiger partial charge is 0.335 e. The number of benzene rings is 4. The number of aliphatic imine (C=N–C) groups is 1. The van der Waals surface area contributed by atoms with Gasteiger partial charge in [-0.2, -0.15) is 0 Å². The highest BCUT2D eigenvalue weighted by Gasteiger charge is 2.33. The summed E-state index contributed by atoms with van der Waals surface area (Å²) in [7, 11) is 1.55. The largest absolute Gasteiger partial charge is 0.493 e. The molecule has 0 bridgehead atoms. The summed E-state index contributed by atoms with van der Waals surface area (Å²) in [4.78, 5) is 31.8. The summed E-state index contributed by atoms with van der Waals surface area (Å²) in [5.41, 5.74) is 3.87. The molecule has 4 aromatic carbocycles. The van der Waals surface area contributed by atoms with Gasteiger partial charge >= 0.3 is 5.97 Å². The number of hydrogen-bond donors (Lipinski definition) is 1. The van der Waals surface area contributed by atoms with Crippen LogP contribution in [0.25, 0.3) is 6.08 Å². The summed E-state index contributed by atoms with van der Waals surface area (Å²) in [6.07, 6.45) is 1.83. The van der Waals surface area contributed by atoms with E-state index in [1.807, 2.05) is 78.9 Å². The molecule has 0 atom stereocenters. The number of methoxy groups -OCH3 is 1. The van der Waals surface area contributed by atoms with Gasteiger partial charge in [-0.3, -0.25) is 14.7 Å². The van der Waals surface area contributed by atoms with Gasteiger partial charge in [0.05, 0.1) is 35.1 Å². The number of hydrogen-bond acceptors (Lipinski definition) is 6. The minimum atomic E-state index is -0.978. The van der Waals surface area contributed by atoms with E-state index in [4.69, 9.17) is 19.6 Å². The lowest BCUT2D eigenvalue weighted by molar-refractivity contribution is -0.122. The number of carboxylic acids is 1. The molecule has 1 aliphatic heterocycles. The highest BCUT2D eigenvalue weighted by Crippen LogP contribution is 2.40. The second-order valence-corrected chi connectivity index (χ2v) is 11.3. The van der Waals surface area contributed by atoms with Gasteiger partial charge in [-0.15, -0.1) is 0 Å². The first-order valence-electron chi connectivity index (χ1n) is 13.1. The molecule has 0 radical (unpaired) electrons. The van der Waals surface area contributed by atoms with E-state index in [1.165, 1.54) is 23.9 Å². The first-order chi connectivity index (χ1) is 20.4. The summed E-state index contributed by atoms with van der Waals surface area (Å²) in [5.74, 6) is -0.0970. The molecule has 1 amide bonds. The number of rotatable bonds is 10. The van der Waals surface area contributed by atoms with Gasteiger partial charge in [0.1, 0.15) is 6.61 Å². The van der Waals surface area contributed by atoms with Crippen LogP contribution < -0.4 is 9.47 Å². The zero-order valence-electron chi connectivity index (χ0n) is 22.7. The molecule has 7 nitrogen and oxygen atoms in total. The van der Waals surface area contributed by atoms with Crippen molar-refractivity contribution >= 4 is 50.8 Å². The zero-order chi connectivity index (χ0) is 29.5. The fourth-order valence-corrected chi connectivity index (χ4v) is 5.84. The molecule has 1 N–H and O–H groups in total. The van der Waals surface area contributed by atoms with Crippen molar-refractivity contribution in [2.24, 2.45) is 4.99 Å². The van der Waals surface area contributed by atoms with Crippen molar-refractivity contribution < 1.29 is 24.2 Å². The summed E-state index contributed by atoms with van der Waals surface area (Å²) in [6, 6.07) is 30.0. The number of nitrogens with zero attached hydrogens (tertiary/aromatic N) is 2. The predicted molar refractivity (Wildman–Crippen MR) is 169 cm³/mol. The number of thioether (sulfide) groups is 1. The van der Waals surface area contributed by atoms with Crippen LogP contribution in [0.5, 0.6) is 11.5 Å². The lowest BCUT2D eigenvalue weighted by Crippen LogP contribution is -2.28. The fraction of sp³-hybridized carbons (Fsp3) is 0.121. The van der Waals surface area contributed by atoms with Crippen LogP contribution in [0.4, 0.5) is 0 Å². The van der Waals surface area contributed by atoms with Crippen molar-refractivity contribution in [3.8, 4) is 11.5 Å². The number of carbonyl (C=O) groups is 2. The van der Waals surface area contributed by atoms with Crippen LogP contribution in [0.15, 0.2) is 111 Å². The van der Waals surface area contributed by atoms with Gasteiger partial charge in [-0.1, -0.05) is 72.8 Å². The van der Waals surface area contributed by atoms with Crippen molar-refractivity contribution in [3.05, 3.63) is 134 Å². The van der Waals surface area contributed by atoms with Crippen LogP contribution >= 0.6 is 27.7 Å². The SMILES string of the molecule is COc1cc(/C=C2/SC(=NCc3ccccc3)N(Cc3ccccc3)C2=O)cc(Br)c1OCc1ccc(C(=O)O)cc1. The lowest BCUT2D eigenvalue weighted by Gasteiger charge is -2.16. The van der Waals surface area contributed by atoms with Crippen LogP contribution in [0, 0.1) is 0 Å². The third kappa shape index (κ3) is 7.10. The van der Waals surface area contributed by atoms with Crippen LogP contribution in [-0.2, 0) is 24.5 Å². The monoisotopic (exact) mass is 642 g/mol. The minimum absolute atomic E-state index is 0.115. The highest BCUT2D eigenvalue weighted by molar-refractivity contribution is 9.10. The van der Waals surface area contributed by atoms with E-state index < -0.39 is 5.97 Å². The predicted octanol–water partition coefficient (Wildman–Crippen LogP) is 7.41. The Bertz CT molecular complexity index is 1640. The van der Waals surface area contributed by atoms with Gasteiger partial charge in [-0.05, 0) is 80.3 Å². The van der Waals surface area contributed by atoms with Crippen molar-refractivity contribution in [1.29, 1.82) is 0 Å². The van der Waals surface area contributed by atoms with Crippen molar-refractivity contribution in [1.82, 2.24) is 4.90 Å². The summed E-state index contributed by atoms with van der Waals surface area (Å²) in [6.45, 7) is 1.11. The van der Waals surface area contributed by atoms with Crippen LogP contribution in [-0.4, -0.2) is 34.2 Å². The maximum absolute atomic E-state index is 13.6. The van der Waals surface area contributed by atoms with E-state index in [0.717, 1.165) is 22.3 Å². The van der Waals surface area contributed by atoms with Gasteiger partial charge in [0.15, 0.2) is 16.7 Å². The molecule has 9 heteroatoms. The molecule has 0 unspecified atom stereocenters. The third-order valence-electron chi connectivity index (χ3n) is 6.44. The fourth-order valence-electron chi connectivity index (χ4n) is 4.29.